The molecule has 1 fully saturated rings. The Labute approximate surface area is 180 Å². The van der Waals surface area contributed by atoms with Gasteiger partial charge in [-0.3, -0.25) is 0 Å². The average Bonchev–Trinajstić information content (AvgIpc) is 2.77. The molecule has 0 spiro atoms. The summed E-state index contributed by atoms with van der Waals surface area (Å²) in [4.78, 5) is 2.57. The van der Waals surface area contributed by atoms with E-state index in [4.69, 9.17) is 9.84 Å². The highest BCUT2D eigenvalue weighted by Gasteiger charge is 2.17. The Balaban J connectivity index is 1.59. The Kier molecular flexibility index (Phi) is 9.12. The summed E-state index contributed by atoms with van der Waals surface area (Å²) in [7, 11) is 0. The molecule has 3 rings (SSSR count). The molecule has 5 heteroatoms. The molecular weight excluding hydrogens is 379 g/mol. The zero-order chi connectivity index (χ0) is 21.2. The zero-order valence-electron chi connectivity index (χ0n) is 18.0. The maximum absolute atomic E-state index is 13.4. The molecule has 1 saturated heterocycles. The van der Waals surface area contributed by atoms with E-state index < -0.39 is 0 Å². The number of hydrogen-bond acceptors (Lipinski definition) is 4. The van der Waals surface area contributed by atoms with Gasteiger partial charge in [-0.1, -0.05) is 37.3 Å². The largest absolute Gasteiger partial charge is 0.491 e. The second-order valence-corrected chi connectivity index (χ2v) is 8.33. The maximum atomic E-state index is 13.4. The van der Waals surface area contributed by atoms with E-state index in [9.17, 15) is 4.39 Å². The number of nitrogens with zero attached hydrogens (tertiary/aromatic N) is 1. The van der Waals surface area contributed by atoms with E-state index in [0.717, 1.165) is 42.2 Å². The number of piperidine rings is 1. The van der Waals surface area contributed by atoms with Crippen molar-refractivity contribution in [2.75, 3.05) is 32.8 Å². The maximum Gasteiger partial charge on any atom is 0.123 e. The molecule has 1 heterocycles. The lowest BCUT2D eigenvalue weighted by Crippen LogP contribution is -2.34. The number of nitrogens with one attached hydrogen (secondary N) is 1. The molecule has 0 bridgehead atoms. The first-order valence-electron chi connectivity index (χ1n) is 11.2. The number of para-hydroxylation sites is 1. The minimum Gasteiger partial charge on any atom is -0.491 e. The molecule has 1 aliphatic heterocycles. The van der Waals surface area contributed by atoms with E-state index in [2.05, 4.69) is 17.1 Å². The predicted octanol–water partition coefficient (Wildman–Crippen LogP) is 4.54. The van der Waals surface area contributed by atoms with Crippen LogP contribution in [0.25, 0.3) is 0 Å². The van der Waals surface area contributed by atoms with Gasteiger partial charge < -0.3 is 20.1 Å². The molecule has 0 unspecified atom stereocenters. The van der Waals surface area contributed by atoms with E-state index >= 15 is 0 Å². The normalized spacial score (nSPS) is 16.5. The molecule has 1 atom stereocenters. The van der Waals surface area contributed by atoms with Crippen LogP contribution in [0.3, 0.4) is 0 Å². The summed E-state index contributed by atoms with van der Waals surface area (Å²) in [5, 5.41) is 12.7. The van der Waals surface area contributed by atoms with E-state index in [1.807, 2.05) is 36.4 Å². The molecule has 2 aromatic carbocycles. The van der Waals surface area contributed by atoms with Gasteiger partial charge in [-0.15, -0.1) is 0 Å². The SMILES string of the molecule is CC1CCN(CCC[C@H](NCc2ccccc2OCCO)c2ccc(F)cc2)CC1. The summed E-state index contributed by atoms with van der Waals surface area (Å²) in [5.74, 6) is 1.44. The third-order valence-electron chi connectivity index (χ3n) is 5.98. The van der Waals surface area contributed by atoms with Gasteiger partial charge >= 0.3 is 0 Å². The van der Waals surface area contributed by atoms with Crippen LogP contribution in [-0.2, 0) is 6.54 Å². The molecule has 164 valence electrons. The summed E-state index contributed by atoms with van der Waals surface area (Å²) in [6.07, 6.45) is 4.69. The molecule has 0 radical (unpaired) electrons. The van der Waals surface area contributed by atoms with Crippen molar-refractivity contribution >= 4 is 0 Å². The van der Waals surface area contributed by atoms with Crippen LogP contribution >= 0.6 is 0 Å². The number of rotatable bonds is 11. The van der Waals surface area contributed by atoms with Crippen LogP contribution in [0.5, 0.6) is 5.75 Å². The summed E-state index contributed by atoms with van der Waals surface area (Å²) in [6.45, 7) is 6.79. The first kappa shape index (κ1) is 22.7. The van der Waals surface area contributed by atoms with E-state index in [1.54, 1.807) is 0 Å². The van der Waals surface area contributed by atoms with Crippen LogP contribution in [-0.4, -0.2) is 42.9 Å². The van der Waals surface area contributed by atoms with Crippen LogP contribution < -0.4 is 10.1 Å². The van der Waals surface area contributed by atoms with Crippen molar-refractivity contribution in [3.63, 3.8) is 0 Å². The monoisotopic (exact) mass is 414 g/mol. The lowest BCUT2D eigenvalue weighted by atomic mass is 9.98. The van der Waals surface area contributed by atoms with Gasteiger partial charge in [-0.2, -0.15) is 0 Å². The van der Waals surface area contributed by atoms with Crippen LogP contribution in [0.4, 0.5) is 4.39 Å². The van der Waals surface area contributed by atoms with E-state index in [1.165, 1.54) is 38.1 Å². The van der Waals surface area contributed by atoms with Crippen molar-refractivity contribution in [2.24, 2.45) is 5.92 Å². The van der Waals surface area contributed by atoms with Crippen LogP contribution in [0.15, 0.2) is 48.5 Å². The number of aliphatic hydroxyl groups is 1. The Hall–Kier alpha value is -1.95. The van der Waals surface area contributed by atoms with Gasteiger partial charge in [0.05, 0.1) is 6.61 Å². The Morgan fingerprint density at radius 3 is 2.60 bits per heavy atom. The van der Waals surface area contributed by atoms with Crippen molar-refractivity contribution < 1.29 is 14.2 Å². The Bertz CT molecular complexity index is 745. The third-order valence-corrected chi connectivity index (χ3v) is 5.98. The lowest BCUT2D eigenvalue weighted by Gasteiger charge is -2.30. The smallest absolute Gasteiger partial charge is 0.123 e. The predicted molar refractivity (Wildman–Crippen MR) is 119 cm³/mol. The number of hydrogen-bond donors (Lipinski definition) is 2. The molecule has 0 amide bonds. The van der Waals surface area contributed by atoms with Crippen molar-refractivity contribution in [3.05, 3.63) is 65.5 Å². The number of aliphatic hydroxyl groups excluding tert-OH is 1. The quantitative estimate of drug-likeness (QED) is 0.567. The van der Waals surface area contributed by atoms with Crippen molar-refractivity contribution in [1.29, 1.82) is 0 Å². The molecule has 0 saturated carbocycles. The van der Waals surface area contributed by atoms with Gasteiger partial charge in [0.25, 0.3) is 0 Å². The van der Waals surface area contributed by atoms with Crippen molar-refractivity contribution in [2.45, 2.75) is 45.2 Å². The van der Waals surface area contributed by atoms with Gasteiger partial charge in [0.15, 0.2) is 0 Å². The standard InChI is InChI=1S/C25H35FN2O2/c1-20-12-15-28(16-13-20)14-4-6-24(21-8-10-23(26)11-9-21)27-19-22-5-2-3-7-25(22)30-18-17-29/h2-3,5,7-11,20,24,27,29H,4,6,12-19H2,1H3/t24-/m0/s1. The van der Waals surface area contributed by atoms with E-state index in [-0.39, 0.29) is 25.1 Å². The van der Waals surface area contributed by atoms with Gasteiger partial charge in [0.2, 0.25) is 0 Å². The topological polar surface area (TPSA) is 44.7 Å². The minimum atomic E-state index is -0.206. The highest BCUT2D eigenvalue weighted by molar-refractivity contribution is 5.33. The fourth-order valence-corrected chi connectivity index (χ4v) is 4.07. The number of likely N-dealkylation sites (tertiary alicyclic amines) is 1. The van der Waals surface area contributed by atoms with Crippen LogP contribution in [0, 0.1) is 11.7 Å². The Morgan fingerprint density at radius 2 is 1.87 bits per heavy atom. The third kappa shape index (κ3) is 7.08. The van der Waals surface area contributed by atoms with Crippen LogP contribution in [0.1, 0.15) is 49.8 Å². The molecular formula is C25H35FN2O2. The van der Waals surface area contributed by atoms with Gasteiger partial charge in [-0.05, 0) is 75.0 Å². The fourth-order valence-electron chi connectivity index (χ4n) is 4.07. The van der Waals surface area contributed by atoms with Gasteiger partial charge in [-0.25, -0.2) is 4.39 Å². The van der Waals surface area contributed by atoms with Crippen molar-refractivity contribution in [3.8, 4) is 5.75 Å². The molecule has 0 aliphatic carbocycles. The number of halogens is 1. The molecule has 30 heavy (non-hydrogen) atoms. The molecule has 2 aromatic rings. The van der Waals surface area contributed by atoms with Gasteiger partial charge in [0.1, 0.15) is 18.2 Å². The fraction of sp³-hybridized carbons (Fsp3) is 0.520. The summed E-state index contributed by atoms with van der Waals surface area (Å²) in [6, 6.07) is 14.9. The Morgan fingerprint density at radius 1 is 1.13 bits per heavy atom. The lowest BCUT2D eigenvalue weighted by molar-refractivity contribution is 0.187. The summed E-state index contributed by atoms with van der Waals surface area (Å²) >= 11 is 0. The first-order valence-corrected chi connectivity index (χ1v) is 11.2. The van der Waals surface area contributed by atoms with Crippen molar-refractivity contribution in [1.82, 2.24) is 10.2 Å². The molecule has 1 aliphatic rings. The average molecular weight is 415 g/mol. The number of benzene rings is 2. The highest BCUT2D eigenvalue weighted by Crippen LogP contribution is 2.24. The van der Waals surface area contributed by atoms with Gasteiger partial charge in [0, 0.05) is 18.2 Å². The van der Waals surface area contributed by atoms with E-state index in [0.29, 0.717) is 6.54 Å². The second-order valence-electron chi connectivity index (χ2n) is 8.33. The minimum absolute atomic E-state index is 0.00472. The highest BCUT2D eigenvalue weighted by atomic mass is 19.1. The summed E-state index contributed by atoms with van der Waals surface area (Å²) < 4.78 is 19.1. The summed E-state index contributed by atoms with van der Waals surface area (Å²) in [5.41, 5.74) is 2.17. The zero-order valence-corrected chi connectivity index (χ0v) is 18.0. The molecule has 0 aromatic heterocycles. The first-order chi connectivity index (χ1) is 14.7. The molecule has 2 N–H and O–H groups in total. The molecule has 4 nitrogen and oxygen atoms in total. The number of ether oxygens (including phenoxy) is 1. The van der Waals surface area contributed by atoms with Crippen LogP contribution in [0.2, 0.25) is 0 Å². The second kappa shape index (κ2) is 12.0.